The highest BCUT2D eigenvalue weighted by molar-refractivity contribution is 7.88. The summed E-state index contributed by atoms with van der Waals surface area (Å²) in [5, 5.41) is 3.16. The largest absolute Gasteiger partial charge is 0.325 e. The van der Waals surface area contributed by atoms with Crippen LogP contribution < -0.4 is 5.32 Å². The quantitative estimate of drug-likeness (QED) is 0.916. The predicted molar refractivity (Wildman–Crippen MR) is 88.1 cm³/mol. The summed E-state index contributed by atoms with van der Waals surface area (Å²) in [6, 6.07) is 7.47. The van der Waals surface area contributed by atoms with Crippen LogP contribution in [0.5, 0.6) is 0 Å². The number of hydrogen-bond acceptors (Lipinski definition) is 6. The summed E-state index contributed by atoms with van der Waals surface area (Å²) in [5.41, 5.74) is 0.863. The summed E-state index contributed by atoms with van der Waals surface area (Å²) in [6.45, 7) is 2.84. The fourth-order valence-electron chi connectivity index (χ4n) is 2.70. The molecule has 0 unspecified atom stereocenters. The van der Waals surface area contributed by atoms with Crippen LogP contribution in [0.15, 0.2) is 30.5 Å². The second-order valence-electron chi connectivity index (χ2n) is 5.67. The van der Waals surface area contributed by atoms with E-state index < -0.39 is 10.0 Å². The average Bonchev–Trinajstić information content (AvgIpc) is 2.97. The van der Waals surface area contributed by atoms with Gasteiger partial charge in [0, 0.05) is 31.3 Å². The van der Waals surface area contributed by atoms with Crippen molar-refractivity contribution in [1.82, 2.24) is 19.3 Å². The van der Waals surface area contributed by atoms with E-state index in [4.69, 9.17) is 0 Å². The third kappa shape index (κ3) is 3.83. The van der Waals surface area contributed by atoms with Gasteiger partial charge < -0.3 is 5.32 Å². The van der Waals surface area contributed by atoms with E-state index in [1.54, 1.807) is 6.20 Å². The molecule has 1 fully saturated rings. The molecule has 0 radical (unpaired) electrons. The number of nitrogens with zero attached hydrogens (tertiary/aromatic N) is 4. The third-order valence-corrected chi connectivity index (χ3v) is 5.09. The molecule has 0 aromatic carbocycles. The second kappa shape index (κ2) is 6.21. The van der Waals surface area contributed by atoms with Gasteiger partial charge in [0.2, 0.25) is 10.0 Å². The molecule has 0 spiro atoms. The van der Waals surface area contributed by atoms with E-state index in [1.807, 2.05) is 31.2 Å². The SMILES string of the molecule is Cc1nc(Nc2ccccn2)cc([C@@H]2CCN(S(C)(=O)=O)C2)n1. The minimum Gasteiger partial charge on any atom is -0.325 e. The topological polar surface area (TPSA) is 88.1 Å². The van der Waals surface area contributed by atoms with Crippen LogP contribution in [0.3, 0.4) is 0 Å². The van der Waals surface area contributed by atoms with Crippen molar-refractivity contribution >= 4 is 21.7 Å². The van der Waals surface area contributed by atoms with E-state index in [9.17, 15) is 8.42 Å². The first-order chi connectivity index (χ1) is 10.9. The Bertz CT molecular complexity index is 795. The van der Waals surface area contributed by atoms with Gasteiger partial charge in [-0.25, -0.2) is 27.7 Å². The summed E-state index contributed by atoms with van der Waals surface area (Å²) < 4.78 is 24.8. The Morgan fingerprint density at radius 1 is 1.26 bits per heavy atom. The van der Waals surface area contributed by atoms with Gasteiger partial charge in [0.15, 0.2) is 0 Å². The summed E-state index contributed by atoms with van der Waals surface area (Å²) in [5.74, 6) is 2.12. The molecule has 0 saturated carbocycles. The van der Waals surface area contributed by atoms with Crippen LogP contribution in [-0.2, 0) is 10.0 Å². The maximum absolute atomic E-state index is 11.7. The lowest BCUT2D eigenvalue weighted by Crippen LogP contribution is -2.27. The molecule has 7 nitrogen and oxygen atoms in total. The molecule has 0 bridgehead atoms. The molecule has 1 aliphatic rings. The summed E-state index contributed by atoms with van der Waals surface area (Å²) >= 11 is 0. The van der Waals surface area contributed by atoms with Crippen LogP contribution in [0.4, 0.5) is 11.6 Å². The molecule has 1 atom stereocenters. The van der Waals surface area contributed by atoms with Crippen molar-refractivity contribution in [2.45, 2.75) is 19.3 Å². The van der Waals surface area contributed by atoms with Crippen molar-refractivity contribution < 1.29 is 8.42 Å². The molecule has 1 N–H and O–H groups in total. The number of pyridine rings is 1. The first-order valence-electron chi connectivity index (χ1n) is 7.40. The van der Waals surface area contributed by atoms with Crippen LogP contribution in [0, 0.1) is 6.92 Å². The Labute approximate surface area is 135 Å². The van der Waals surface area contributed by atoms with Gasteiger partial charge in [-0.05, 0) is 25.5 Å². The fraction of sp³-hybridized carbons (Fsp3) is 0.400. The van der Waals surface area contributed by atoms with Crippen molar-refractivity contribution in [2.24, 2.45) is 0 Å². The molecule has 0 aliphatic carbocycles. The number of anilines is 2. The zero-order chi connectivity index (χ0) is 16.4. The molecule has 8 heteroatoms. The van der Waals surface area contributed by atoms with Crippen molar-refractivity contribution in [2.75, 3.05) is 24.7 Å². The molecule has 3 heterocycles. The Balaban J connectivity index is 1.81. The summed E-state index contributed by atoms with van der Waals surface area (Å²) in [4.78, 5) is 13.1. The van der Waals surface area contributed by atoms with E-state index in [-0.39, 0.29) is 5.92 Å². The lowest BCUT2D eigenvalue weighted by atomic mass is 10.0. The number of aromatic nitrogens is 3. The molecular weight excluding hydrogens is 314 g/mol. The van der Waals surface area contributed by atoms with Crippen molar-refractivity contribution in [3.05, 3.63) is 42.0 Å². The van der Waals surface area contributed by atoms with Crippen molar-refractivity contribution in [3.63, 3.8) is 0 Å². The highest BCUT2D eigenvalue weighted by Crippen LogP contribution is 2.28. The molecule has 23 heavy (non-hydrogen) atoms. The molecule has 3 rings (SSSR count). The Kier molecular flexibility index (Phi) is 4.27. The van der Waals surface area contributed by atoms with E-state index in [1.165, 1.54) is 10.6 Å². The number of aryl methyl sites for hydroxylation is 1. The van der Waals surface area contributed by atoms with E-state index in [2.05, 4.69) is 20.3 Å². The highest BCUT2D eigenvalue weighted by Gasteiger charge is 2.30. The third-order valence-electron chi connectivity index (χ3n) is 3.82. The van der Waals surface area contributed by atoms with Crippen LogP contribution >= 0.6 is 0 Å². The van der Waals surface area contributed by atoms with E-state index in [0.717, 1.165) is 12.1 Å². The van der Waals surface area contributed by atoms with Gasteiger partial charge in [-0.2, -0.15) is 0 Å². The smallest absolute Gasteiger partial charge is 0.211 e. The standard InChI is InChI=1S/C15H19N5O2S/c1-11-17-13(12-6-8-20(10-12)23(2,21)22)9-15(18-11)19-14-5-3-4-7-16-14/h3-5,7,9,12H,6,8,10H2,1-2H3,(H,16,17,18,19)/t12-/m1/s1. The van der Waals surface area contributed by atoms with Crippen LogP contribution in [0.25, 0.3) is 0 Å². The molecular formula is C15H19N5O2S. The van der Waals surface area contributed by atoms with Gasteiger partial charge in [-0.3, -0.25) is 0 Å². The van der Waals surface area contributed by atoms with E-state index in [0.29, 0.717) is 30.5 Å². The van der Waals surface area contributed by atoms with Crippen molar-refractivity contribution in [3.8, 4) is 0 Å². The Morgan fingerprint density at radius 3 is 2.74 bits per heavy atom. The highest BCUT2D eigenvalue weighted by atomic mass is 32.2. The summed E-state index contributed by atoms with van der Waals surface area (Å²) in [7, 11) is -3.15. The maximum atomic E-state index is 11.7. The summed E-state index contributed by atoms with van der Waals surface area (Å²) in [6.07, 6.45) is 3.72. The van der Waals surface area contributed by atoms with Crippen LogP contribution in [0.1, 0.15) is 23.9 Å². The predicted octanol–water partition coefficient (Wildman–Crippen LogP) is 1.67. The fourth-order valence-corrected chi connectivity index (χ4v) is 3.59. The van der Waals surface area contributed by atoms with Crippen LogP contribution in [0.2, 0.25) is 0 Å². The Morgan fingerprint density at radius 2 is 2.09 bits per heavy atom. The zero-order valence-corrected chi connectivity index (χ0v) is 13.9. The lowest BCUT2D eigenvalue weighted by molar-refractivity contribution is 0.477. The first-order valence-corrected chi connectivity index (χ1v) is 9.25. The number of rotatable bonds is 4. The number of nitrogens with one attached hydrogen (secondary N) is 1. The molecule has 1 saturated heterocycles. The van der Waals surface area contributed by atoms with E-state index >= 15 is 0 Å². The first kappa shape index (κ1) is 15.8. The zero-order valence-electron chi connectivity index (χ0n) is 13.1. The monoisotopic (exact) mass is 333 g/mol. The van der Waals surface area contributed by atoms with Gasteiger partial charge in [-0.1, -0.05) is 6.07 Å². The van der Waals surface area contributed by atoms with Gasteiger partial charge in [-0.15, -0.1) is 0 Å². The van der Waals surface area contributed by atoms with Gasteiger partial charge in [0.25, 0.3) is 0 Å². The minimum atomic E-state index is -3.15. The average molecular weight is 333 g/mol. The second-order valence-corrected chi connectivity index (χ2v) is 7.65. The van der Waals surface area contributed by atoms with Crippen molar-refractivity contribution in [1.29, 1.82) is 0 Å². The van der Waals surface area contributed by atoms with Gasteiger partial charge in [0.1, 0.15) is 17.5 Å². The molecule has 2 aromatic heterocycles. The molecule has 2 aromatic rings. The lowest BCUT2D eigenvalue weighted by Gasteiger charge is -2.14. The van der Waals surface area contributed by atoms with Crippen LogP contribution in [-0.4, -0.2) is 47.0 Å². The van der Waals surface area contributed by atoms with Gasteiger partial charge >= 0.3 is 0 Å². The minimum absolute atomic E-state index is 0.0932. The molecule has 1 aliphatic heterocycles. The molecule has 122 valence electrons. The Hall–Kier alpha value is -2.06. The maximum Gasteiger partial charge on any atom is 0.211 e. The normalized spacial score (nSPS) is 19.0. The number of sulfonamides is 1. The van der Waals surface area contributed by atoms with Gasteiger partial charge in [0.05, 0.1) is 11.9 Å². The number of hydrogen-bond donors (Lipinski definition) is 1. The molecule has 0 amide bonds.